The first kappa shape index (κ1) is 14.5. The van der Waals surface area contributed by atoms with Gasteiger partial charge >= 0.3 is 0 Å². The molecule has 0 aliphatic carbocycles. The topological polar surface area (TPSA) is 54.6 Å². The fraction of sp³-hybridized carbons (Fsp3) is 0.286. The van der Waals surface area contributed by atoms with E-state index in [2.05, 4.69) is 5.32 Å². The molecule has 1 heterocycles. The number of hydrogen-bond acceptors (Lipinski definition) is 4. The van der Waals surface area contributed by atoms with Gasteiger partial charge in [0.05, 0.1) is 24.7 Å². The van der Waals surface area contributed by atoms with Crippen LogP contribution in [0.5, 0.6) is 0 Å². The van der Waals surface area contributed by atoms with Gasteiger partial charge in [-0.25, -0.2) is 8.78 Å². The molecule has 0 bridgehead atoms. The van der Waals surface area contributed by atoms with Crippen LogP contribution in [-0.2, 0) is 11.3 Å². The van der Waals surface area contributed by atoms with Crippen LogP contribution in [0.2, 0.25) is 0 Å². The summed E-state index contributed by atoms with van der Waals surface area (Å²) in [6.07, 6.45) is 0.691. The third-order valence-electron chi connectivity index (χ3n) is 2.61. The Morgan fingerprint density at radius 1 is 1.25 bits per heavy atom. The van der Waals surface area contributed by atoms with E-state index < -0.39 is 17.7 Å². The highest BCUT2D eigenvalue weighted by Gasteiger charge is 2.10. The van der Waals surface area contributed by atoms with E-state index in [-0.39, 0.29) is 25.4 Å². The predicted molar refractivity (Wildman–Crippen MR) is 69.2 cm³/mol. The van der Waals surface area contributed by atoms with Crippen LogP contribution < -0.4 is 5.32 Å². The van der Waals surface area contributed by atoms with Crippen LogP contribution in [0.25, 0.3) is 0 Å². The summed E-state index contributed by atoms with van der Waals surface area (Å²) in [7, 11) is 0. The summed E-state index contributed by atoms with van der Waals surface area (Å²) < 4.78 is 36.6. The highest BCUT2D eigenvalue weighted by Crippen LogP contribution is 2.16. The molecule has 6 heteroatoms. The van der Waals surface area contributed by atoms with Crippen LogP contribution in [0.4, 0.5) is 14.5 Å². The zero-order valence-electron chi connectivity index (χ0n) is 10.7. The monoisotopic (exact) mass is 283 g/mol. The Labute approximate surface area is 115 Å². The first-order chi connectivity index (χ1) is 9.66. The number of aliphatic hydroxyl groups excluding tert-OH is 1. The van der Waals surface area contributed by atoms with Crippen molar-refractivity contribution in [2.75, 3.05) is 18.5 Å². The van der Waals surface area contributed by atoms with Crippen molar-refractivity contribution in [2.24, 2.45) is 0 Å². The largest absolute Gasteiger partial charge is 0.467 e. The Kier molecular flexibility index (Phi) is 5.09. The van der Waals surface area contributed by atoms with Crippen molar-refractivity contribution in [3.8, 4) is 0 Å². The molecule has 0 amide bonds. The van der Waals surface area contributed by atoms with Crippen LogP contribution in [0.3, 0.4) is 0 Å². The molecule has 1 atom stereocenters. The van der Waals surface area contributed by atoms with Gasteiger partial charge in [-0.1, -0.05) is 6.07 Å². The van der Waals surface area contributed by atoms with Gasteiger partial charge in [-0.15, -0.1) is 0 Å². The number of aliphatic hydroxyl groups is 1. The Morgan fingerprint density at radius 2 is 2.10 bits per heavy atom. The number of ether oxygens (including phenoxy) is 1. The molecule has 0 fully saturated rings. The molecule has 1 aromatic heterocycles. The summed E-state index contributed by atoms with van der Waals surface area (Å²) in [5.41, 5.74) is 0.00934. The molecule has 1 aromatic carbocycles. The van der Waals surface area contributed by atoms with Gasteiger partial charge in [-0.3, -0.25) is 0 Å². The highest BCUT2D eigenvalue weighted by molar-refractivity contribution is 5.44. The van der Waals surface area contributed by atoms with Gasteiger partial charge in [0.1, 0.15) is 12.4 Å². The number of benzene rings is 1. The van der Waals surface area contributed by atoms with Gasteiger partial charge in [0.15, 0.2) is 11.6 Å². The minimum atomic E-state index is -0.962. The van der Waals surface area contributed by atoms with Crippen LogP contribution in [0.1, 0.15) is 5.76 Å². The molecule has 0 aliphatic heterocycles. The summed E-state index contributed by atoms with van der Waals surface area (Å²) >= 11 is 0. The smallest absolute Gasteiger partial charge is 0.181 e. The minimum absolute atomic E-state index is 0.00934. The summed E-state index contributed by atoms with van der Waals surface area (Å²) in [4.78, 5) is 0. The first-order valence-corrected chi connectivity index (χ1v) is 6.13. The lowest BCUT2D eigenvalue weighted by molar-refractivity contribution is 0.0282. The zero-order valence-corrected chi connectivity index (χ0v) is 10.7. The Hall–Kier alpha value is -1.92. The van der Waals surface area contributed by atoms with Gasteiger partial charge < -0.3 is 19.6 Å². The molecule has 2 aromatic rings. The van der Waals surface area contributed by atoms with E-state index in [4.69, 9.17) is 9.15 Å². The third-order valence-corrected chi connectivity index (χ3v) is 2.61. The van der Waals surface area contributed by atoms with Gasteiger partial charge in [-0.2, -0.15) is 0 Å². The van der Waals surface area contributed by atoms with E-state index in [1.165, 1.54) is 18.4 Å². The number of hydrogen-bond donors (Lipinski definition) is 2. The van der Waals surface area contributed by atoms with Crippen LogP contribution in [0, 0.1) is 11.6 Å². The van der Waals surface area contributed by atoms with E-state index in [0.717, 1.165) is 6.07 Å². The number of rotatable bonds is 7. The molecule has 0 saturated carbocycles. The third kappa shape index (κ3) is 4.04. The molecule has 20 heavy (non-hydrogen) atoms. The van der Waals surface area contributed by atoms with Crippen molar-refractivity contribution in [1.82, 2.24) is 0 Å². The maximum Gasteiger partial charge on any atom is 0.181 e. The van der Waals surface area contributed by atoms with Crippen LogP contribution in [0.15, 0.2) is 41.0 Å². The fourth-order valence-electron chi connectivity index (χ4n) is 1.62. The minimum Gasteiger partial charge on any atom is -0.467 e. The Morgan fingerprint density at radius 3 is 2.85 bits per heavy atom. The molecule has 0 aliphatic rings. The van der Waals surface area contributed by atoms with E-state index in [9.17, 15) is 13.9 Å². The summed E-state index contributed by atoms with van der Waals surface area (Å²) in [5.74, 6) is -1.24. The normalized spacial score (nSPS) is 12.3. The summed E-state index contributed by atoms with van der Waals surface area (Å²) in [6.45, 7) is 0.363. The van der Waals surface area contributed by atoms with Gasteiger partial charge in [-0.05, 0) is 24.3 Å². The molecule has 2 rings (SSSR count). The second-order valence-corrected chi connectivity index (χ2v) is 4.23. The van der Waals surface area contributed by atoms with Gasteiger partial charge in [0.2, 0.25) is 0 Å². The second kappa shape index (κ2) is 7.02. The molecule has 2 N–H and O–H groups in total. The van der Waals surface area contributed by atoms with Crippen molar-refractivity contribution >= 4 is 5.69 Å². The molecular weight excluding hydrogens is 268 g/mol. The fourth-order valence-corrected chi connectivity index (χ4v) is 1.62. The van der Waals surface area contributed by atoms with Crippen molar-refractivity contribution in [2.45, 2.75) is 12.7 Å². The predicted octanol–water partition coefficient (Wildman–Crippen LogP) is 2.55. The second-order valence-electron chi connectivity index (χ2n) is 4.23. The molecule has 0 radical (unpaired) electrons. The maximum atomic E-state index is 13.3. The number of nitrogens with one attached hydrogen (secondary N) is 1. The first-order valence-electron chi connectivity index (χ1n) is 6.13. The summed E-state index contributed by atoms with van der Waals surface area (Å²) in [6, 6.07) is 7.31. The highest BCUT2D eigenvalue weighted by atomic mass is 19.2. The molecule has 4 nitrogen and oxygen atoms in total. The lowest BCUT2D eigenvalue weighted by atomic mass is 10.2. The van der Waals surface area contributed by atoms with Gasteiger partial charge in [0.25, 0.3) is 0 Å². The molecular formula is C14H15F2NO3. The van der Waals surface area contributed by atoms with Crippen molar-refractivity contribution in [1.29, 1.82) is 0 Å². The van der Waals surface area contributed by atoms with E-state index in [1.54, 1.807) is 12.1 Å². The Bertz CT molecular complexity index is 531. The average Bonchev–Trinajstić information content (AvgIpc) is 2.94. The van der Waals surface area contributed by atoms with E-state index in [1.807, 2.05) is 0 Å². The van der Waals surface area contributed by atoms with E-state index in [0.29, 0.717) is 5.76 Å². The molecule has 0 saturated heterocycles. The van der Waals surface area contributed by atoms with Crippen molar-refractivity contribution in [3.63, 3.8) is 0 Å². The number of anilines is 1. The zero-order chi connectivity index (χ0) is 14.4. The lowest BCUT2D eigenvalue weighted by Gasteiger charge is -2.13. The number of furan rings is 1. The SMILES string of the molecule is OC(CNc1cccc(F)c1F)COCc1ccco1. The molecule has 0 spiro atoms. The van der Waals surface area contributed by atoms with Crippen molar-refractivity contribution < 1.29 is 23.0 Å². The van der Waals surface area contributed by atoms with Crippen molar-refractivity contribution in [3.05, 3.63) is 54.0 Å². The van der Waals surface area contributed by atoms with Crippen LogP contribution in [-0.4, -0.2) is 24.4 Å². The Balaban J connectivity index is 1.72. The summed E-state index contributed by atoms with van der Waals surface area (Å²) in [5, 5.41) is 12.3. The van der Waals surface area contributed by atoms with E-state index >= 15 is 0 Å². The lowest BCUT2D eigenvalue weighted by Crippen LogP contribution is -2.25. The maximum absolute atomic E-state index is 13.3. The average molecular weight is 283 g/mol. The van der Waals surface area contributed by atoms with Crippen LogP contribution >= 0.6 is 0 Å². The standard InChI is InChI=1S/C14H15F2NO3/c15-12-4-1-5-13(14(12)16)17-7-10(18)8-19-9-11-3-2-6-20-11/h1-6,10,17-18H,7-9H2. The van der Waals surface area contributed by atoms with Gasteiger partial charge in [0, 0.05) is 6.54 Å². The quantitative estimate of drug-likeness (QED) is 0.820. The number of halogens is 2. The molecule has 108 valence electrons. The molecule has 1 unspecified atom stereocenters.